The summed E-state index contributed by atoms with van der Waals surface area (Å²) in [5.74, 6) is 0.123. The van der Waals surface area contributed by atoms with E-state index in [9.17, 15) is 23.5 Å². The lowest BCUT2D eigenvalue weighted by Gasteiger charge is -2.22. The zero-order chi connectivity index (χ0) is 22.3. The zero-order valence-corrected chi connectivity index (χ0v) is 17.9. The molecular weight excluding hydrogens is 412 g/mol. The van der Waals surface area contributed by atoms with Crippen molar-refractivity contribution in [2.24, 2.45) is 5.92 Å². The number of aliphatic hydroxyl groups excluding tert-OH is 1. The Morgan fingerprint density at radius 3 is 2.80 bits per heavy atom. The van der Waals surface area contributed by atoms with Crippen LogP contribution in [0.25, 0.3) is 0 Å². The topological polar surface area (TPSA) is 77.8 Å². The number of carboxylic acids is 1. The molecule has 5 nitrogen and oxygen atoms in total. The Morgan fingerprint density at radius 2 is 2.17 bits per heavy atom. The Morgan fingerprint density at radius 1 is 1.43 bits per heavy atom. The number of hydrogen-bond donors (Lipinski definition) is 2. The van der Waals surface area contributed by atoms with Gasteiger partial charge in [-0.1, -0.05) is 26.0 Å². The molecule has 0 saturated carbocycles. The average Bonchev–Trinajstić information content (AvgIpc) is 3.24. The maximum atomic E-state index is 14.0. The molecular formula is C22H27F2NO4S. The number of amides is 1. The lowest BCUT2D eigenvalue weighted by atomic mass is 9.99. The molecule has 8 heteroatoms. The molecule has 0 aliphatic carbocycles. The first-order valence-corrected chi connectivity index (χ1v) is 10.8. The van der Waals surface area contributed by atoms with Gasteiger partial charge >= 0.3 is 11.9 Å². The molecule has 164 valence electrons. The Kier molecular flexibility index (Phi) is 8.56. The van der Waals surface area contributed by atoms with Crippen LogP contribution < -0.4 is 0 Å². The molecule has 1 aliphatic rings. The van der Waals surface area contributed by atoms with E-state index < -0.39 is 36.4 Å². The quantitative estimate of drug-likeness (QED) is 0.451. The first-order valence-electron chi connectivity index (χ1n) is 9.98. The van der Waals surface area contributed by atoms with Crippen LogP contribution in [0, 0.1) is 17.8 Å². The van der Waals surface area contributed by atoms with Gasteiger partial charge in [0.05, 0.1) is 12.1 Å². The Labute approximate surface area is 179 Å². The van der Waals surface area contributed by atoms with Crippen molar-refractivity contribution in [3.05, 3.63) is 34.0 Å². The van der Waals surface area contributed by atoms with Gasteiger partial charge in [0, 0.05) is 30.7 Å². The van der Waals surface area contributed by atoms with Crippen LogP contribution in [-0.2, 0) is 11.2 Å². The second kappa shape index (κ2) is 10.7. The van der Waals surface area contributed by atoms with Crippen molar-refractivity contribution in [1.29, 1.82) is 0 Å². The maximum absolute atomic E-state index is 14.0. The van der Waals surface area contributed by atoms with Gasteiger partial charge in [-0.05, 0) is 30.9 Å². The van der Waals surface area contributed by atoms with Crippen molar-refractivity contribution in [2.75, 3.05) is 6.54 Å². The lowest BCUT2D eigenvalue weighted by molar-refractivity contribution is -0.148. The molecule has 3 atom stereocenters. The van der Waals surface area contributed by atoms with E-state index in [1.807, 2.05) is 13.8 Å². The van der Waals surface area contributed by atoms with E-state index in [0.29, 0.717) is 19.3 Å². The predicted molar refractivity (Wildman–Crippen MR) is 112 cm³/mol. The number of thiophene rings is 1. The van der Waals surface area contributed by atoms with Gasteiger partial charge in [-0.25, -0.2) is 4.79 Å². The SMILES string of the molecule is CCC#CC[C@H](C)[C@@H](O)C=C[C@H]1CC(F)(F)C(=O)N1CCCc1ccc(C(=O)O)s1. The third-order valence-corrected chi connectivity index (χ3v) is 6.11. The summed E-state index contributed by atoms with van der Waals surface area (Å²) in [6.45, 7) is 3.90. The minimum atomic E-state index is -3.42. The van der Waals surface area contributed by atoms with Gasteiger partial charge in [0.1, 0.15) is 4.88 Å². The summed E-state index contributed by atoms with van der Waals surface area (Å²) in [6, 6.07) is 2.43. The number of carbonyl (C=O) groups excluding carboxylic acids is 1. The van der Waals surface area contributed by atoms with E-state index >= 15 is 0 Å². The number of rotatable bonds is 9. The van der Waals surface area contributed by atoms with Crippen molar-refractivity contribution in [3.63, 3.8) is 0 Å². The number of alkyl halides is 2. The molecule has 1 fully saturated rings. The van der Waals surface area contributed by atoms with E-state index in [0.717, 1.165) is 27.5 Å². The average molecular weight is 440 g/mol. The second-order valence-electron chi connectivity index (χ2n) is 7.41. The highest BCUT2D eigenvalue weighted by Gasteiger charge is 2.52. The Hall–Kier alpha value is -2.24. The van der Waals surface area contributed by atoms with E-state index in [-0.39, 0.29) is 17.3 Å². The fourth-order valence-corrected chi connectivity index (χ4v) is 4.11. The number of carbonyl (C=O) groups is 2. The van der Waals surface area contributed by atoms with Crippen molar-refractivity contribution in [3.8, 4) is 11.8 Å². The molecule has 30 heavy (non-hydrogen) atoms. The number of likely N-dealkylation sites (tertiary alicyclic amines) is 1. The largest absolute Gasteiger partial charge is 0.477 e. The Balaban J connectivity index is 1.97. The molecule has 0 bridgehead atoms. The number of nitrogens with zero attached hydrogens (tertiary/aromatic N) is 1. The molecule has 1 saturated heterocycles. The molecule has 0 aromatic carbocycles. The van der Waals surface area contributed by atoms with Crippen LogP contribution in [0.3, 0.4) is 0 Å². The molecule has 1 aliphatic heterocycles. The van der Waals surface area contributed by atoms with Gasteiger partial charge in [-0.2, -0.15) is 8.78 Å². The summed E-state index contributed by atoms with van der Waals surface area (Å²) in [4.78, 5) is 25.3. The van der Waals surface area contributed by atoms with Crippen LogP contribution in [0.1, 0.15) is 54.1 Å². The zero-order valence-electron chi connectivity index (χ0n) is 17.1. The summed E-state index contributed by atoms with van der Waals surface area (Å²) >= 11 is 1.14. The fourth-order valence-electron chi connectivity index (χ4n) is 3.22. The molecule has 2 N–H and O–H groups in total. The van der Waals surface area contributed by atoms with Crippen molar-refractivity contribution >= 4 is 23.2 Å². The highest BCUT2D eigenvalue weighted by Crippen LogP contribution is 2.34. The van der Waals surface area contributed by atoms with E-state index in [1.165, 1.54) is 18.2 Å². The summed E-state index contributed by atoms with van der Waals surface area (Å²) in [5, 5.41) is 19.2. The van der Waals surface area contributed by atoms with Gasteiger partial charge in [0.15, 0.2) is 0 Å². The third-order valence-electron chi connectivity index (χ3n) is 4.97. The van der Waals surface area contributed by atoms with Gasteiger partial charge in [0.2, 0.25) is 0 Å². The van der Waals surface area contributed by atoms with Crippen LogP contribution in [-0.4, -0.2) is 51.6 Å². The van der Waals surface area contributed by atoms with E-state index in [4.69, 9.17) is 5.11 Å². The smallest absolute Gasteiger partial charge is 0.345 e. The first kappa shape index (κ1) is 24.0. The van der Waals surface area contributed by atoms with Crippen LogP contribution in [0.4, 0.5) is 8.78 Å². The van der Waals surface area contributed by atoms with Crippen LogP contribution >= 0.6 is 11.3 Å². The van der Waals surface area contributed by atoms with Gasteiger partial charge in [0.25, 0.3) is 5.91 Å². The van der Waals surface area contributed by atoms with Crippen LogP contribution in [0.5, 0.6) is 0 Å². The summed E-state index contributed by atoms with van der Waals surface area (Å²) in [6.07, 6.45) is 3.70. The van der Waals surface area contributed by atoms with Crippen molar-refractivity contribution < 1.29 is 28.6 Å². The molecule has 0 spiro atoms. The number of aliphatic hydroxyl groups is 1. The van der Waals surface area contributed by atoms with E-state index in [2.05, 4.69) is 11.8 Å². The van der Waals surface area contributed by atoms with Crippen molar-refractivity contribution in [2.45, 2.75) is 64.0 Å². The van der Waals surface area contributed by atoms with Gasteiger partial charge in [-0.15, -0.1) is 23.2 Å². The maximum Gasteiger partial charge on any atom is 0.345 e. The normalized spacial score (nSPS) is 20.2. The predicted octanol–water partition coefficient (Wildman–Crippen LogP) is 3.97. The molecule has 0 unspecified atom stereocenters. The summed E-state index contributed by atoms with van der Waals surface area (Å²) in [5.41, 5.74) is 0. The molecule has 2 rings (SSSR count). The monoisotopic (exact) mass is 439 g/mol. The van der Waals surface area contributed by atoms with Gasteiger partial charge < -0.3 is 15.1 Å². The number of hydrogen-bond acceptors (Lipinski definition) is 4. The number of aryl methyl sites for hydroxylation is 1. The molecule has 2 heterocycles. The second-order valence-corrected chi connectivity index (χ2v) is 8.58. The first-order chi connectivity index (χ1) is 14.2. The lowest BCUT2D eigenvalue weighted by Crippen LogP contribution is -2.36. The summed E-state index contributed by atoms with van der Waals surface area (Å²) < 4.78 is 28.0. The molecule has 1 aromatic heterocycles. The fraction of sp³-hybridized carbons (Fsp3) is 0.545. The number of aromatic carboxylic acids is 1. The molecule has 1 amide bonds. The van der Waals surface area contributed by atoms with Crippen LogP contribution in [0.15, 0.2) is 24.3 Å². The highest BCUT2D eigenvalue weighted by molar-refractivity contribution is 7.13. The van der Waals surface area contributed by atoms with E-state index in [1.54, 1.807) is 6.07 Å². The van der Waals surface area contributed by atoms with Gasteiger partial charge in [-0.3, -0.25) is 4.79 Å². The minimum absolute atomic E-state index is 0.136. The third kappa shape index (κ3) is 6.38. The van der Waals surface area contributed by atoms with Crippen molar-refractivity contribution in [1.82, 2.24) is 4.90 Å². The summed E-state index contributed by atoms with van der Waals surface area (Å²) in [7, 11) is 0. The molecule has 0 radical (unpaired) electrons. The number of halogens is 2. The molecule has 1 aromatic rings. The van der Waals surface area contributed by atoms with Crippen LogP contribution in [0.2, 0.25) is 0 Å². The standard InChI is InChI=1S/C22H27F2NO4S/c1-3-4-5-7-15(2)18(26)11-9-16-14-22(23,24)21(29)25(16)13-6-8-17-10-12-19(30-17)20(27)28/h9-12,15-16,18,26H,3,6-8,13-14H2,1-2H3,(H,27,28)/t15-,16-,18-/m0/s1. The Bertz CT molecular complexity index is 840. The number of carboxylic acid groups (broad SMARTS) is 1. The highest BCUT2D eigenvalue weighted by atomic mass is 32.1. The minimum Gasteiger partial charge on any atom is -0.477 e.